The van der Waals surface area contributed by atoms with Crippen molar-refractivity contribution in [2.24, 2.45) is 0 Å². The predicted molar refractivity (Wildman–Crippen MR) is 113 cm³/mol. The number of nitrogen functional groups attached to an aromatic ring is 1. The van der Waals surface area contributed by atoms with Gasteiger partial charge in [0, 0.05) is 16.1 Å². The molecule has 0 fully saturated rings. The fourth-order valence-electron chi connectivity index (χ4n) is 3.54. The van der Waals surface area contributed by atoms with E-state index < -0.39 is 0 Å². The maximum atomic E-state index is 9.64. The number of pyridine rings is 1. The van der Waals surface area contributed by atoms with Crippen molar-refractivity contribution in [3.8, 4) is 23.5 Å². The van der Waals surface area contributed by atoms with Gasteiger partial charge in [-0.05, 0) is 73.0 Å². The van der Waals surface area contributed by atoms with Crippen LogP contribution < -0.4 is 5.73 Å². The Morgan fingerprint density at radius 1 is 1.07 bits per heavy atom. The lowest BCUT2D eigenvalue weighted by Gasteiger charge is -2.10. The highest BCUT2D eigenvalue weighted by Gasteiger charge is 2.29. The number of nitriles is 2. The number of furan rings is 1. The second kappa shape index (κ2) is 6.98. The maximum absolute atomic E-state index is 9.64. The van der Waals surface area contributed by atoms with Crippen LogP contribution >= 0.6 is 11.6 Å². The molecule has 6 heteroatoms. The average Bonchev–Trinajstić information content (AvgIpc) is 3.26. The Morgan fingerprint density at radius 3 is 2.45 bits per heavy atom. The lowest BCUT2D eigenvalue weighted by atomic mass is 9.96. The van der Waals surface area contributed by atoms with Crippen molar-refractivity contribution >= 4 is 34.6 Å². The molecule has 0 atom stereocenters. The summed E-state index contributed by atoms with van der Waals surface area (Å²) in [5.41, 5.74) is 11.2. The second-order valence-corrected chi connectivity index (χ2v) is 7.15. The smallest absolute Gasteiger partial charge is 0.142 e. The largest absolute Gasteiger partial charge is 0.457 e. The lowest BCUT2D eigenvalue weighted by molar-refractivity contribution is 0.572. The van der Waals surface area contributed by atoms with Crippen LogP contribution in [0.2, 0.25) is 5.02 Å². The third kappa shape index (κ3) is 2.99. The molecular formula is C23H15ClN4O. The van der Waals surface area contributed by atoms with Gasteiger partial charge in [-0.2, -0.15) is 10.5 Å². The Hall–Kier alpha value is -3.80. The molecule has 0 bridgehead atoms. The molecule has 0 aliphatic heterocycles. The van der Waals surface area contributed by atoms with Crippen LogP contribution in [0.1, 0.15) is 35.1 Å². The summed E-state index contributed by atoms with van der Waals surface area (Å²) in [5, 5.41) is 19.7. The summed E-state index contributed by atoms with van der Waals surface area (Å²) in [4.78, 5) is 4.33. The number of halogens is 1. The molecule has 2 N–H and O–H groups in total. The number of benzene rings is 1. The summed E-state index contributed by atoms with van der Waals surface area (Å²) in [6.45, 7) is 3.68. The minimum absolute atomic E-state index is 0.133. The zero-order valence-corrected chi connectivity index (χ0v) is 16.5. The van der Waals surface area contributed by atoms with E-state index in [9.17, 15) is 10.5 Å². The zero-order chi connectivity index (χ0) is 20.7. The lowest BCUT2D eigenvalue weighted by Crippen LogP contribution is -2.03. The van der Waals surface area contributed by atoms with Crippen LogP contribution in [0, 0.1) is 29.6 Å². The molecule has 0 spiro atoms. The maximum Gasteiger partial charge on any atom is 0.142 e. The van der Waals surface area contributed by atoms with Gasteiger partial charge in [-0.1, -0.05) is 11.6 Å². The summed E-state index contributed by atoms with van der Waals surface area (Å²) in [6, 6.07) is 15.4. The molecule has 0 amide bonds. The molecule has 5 nitrogen and oxygen atoms in total. The third-order valence-electron chi connectivity index (χ3n) is 5.03. The van der Waals surface area contributed by atoms with Crippen LogP contribution in [0.3, 0.4) is 0 Å². The molecule has 2 heterocycles. The van der Waals surface area contributed by atoms with E-state index in [1.165, 1.54) is 0 Å². The first-order valence-electron chi connectivity index (χ1n) is 8.84. The SMILES string of the molecule is CC1=C(C#N)c2nc(N)c(C#N)c(C)c2/C1=C\c1ccc(-c2ccc(Cl)cc2)o1. The Morgan fingerprint density at radius 2 is 1.79 bits per heavy atom. The van der Waals surface area contributed by atoms with Crippen molar-refractivity contribution in [1.82, 2.24) is 4.98 Å². The van der Waals surface area contributed by atoms with Gasteiger partial charge in [0.25, 0.3) is 0 Å². The van der Waals surface area contributed by atoms with E-state index in [1.807, 2.05) is 44.2 Å². The normalized spacial score (nSPS) is 14.0. The predicted octanol–water partition coefficient (Wildman–Crippen LogP) is 5.61. The number of anilines is 1. The first-order chi connectivity index (χ1) is 13.9. The zero-order valence-electron chi connectivity index (χ0n) is 15.7. The fourth-order valence-corrected chi connectivity index (χ4v) is 3.66. The molecule has 0 saturated heterocycles. The van der Waals surface area contributed by atoms with Gasteiger partial charge in [0.1, 0.15) is 29.5 Å². The quantitative estimate of drug-likeness (QED) is 0.604. The molecule has 140 valence electrons. The second-order valence-electron chi connectivity index (χ2n) is 6.71. The molecule has 1 aliphatic carbocycles. The van der Waals surface area contributed by atoms with E-state index in [2.05, 4.69) is 17.1 Å². The van der Waals surface area contributed by atoms with Crippen molar-refractivity contribution in [3.63, 3.8) is 0 Å². The van der Waals surface area contributed by atoms with Gasteiger partial charge in [0.2, 0.25) is 0 Å². The van der Waals surface area contributed by atoms with E-state index in [4.69, 9.17) is 21.8 Å². The van der Waals surface area contributed by atoms with E-state index in [0.717, 1.165) is 22.3 Å². The number of fused-ring (bicyclic) bond motifs is 1. The summed E-state index contributed by atoms with van der Waals surface area (Å²) in [7, 11) is 0. The molecular weight excluding hydrogens is 384 g/mol. The molecule has 0 saturated carbocycles. The third-order valence-corrected chi connectivity index (χ3v) is 5.28. The Balaban J connectivity index is 1.86. The average molecular weight is 399 g/mol. The monoisotopic (exact) mass is 398 g/mol. The summed E-state index contributed by atoms with van der Waals surface area (Å²) in [6.07, 6.45) is 1.87. The van der Waals surface area contributed by atoms with Crippen LogP contribution in [0.15, 0.2) is 46.4 Å². The summed E-state index contributed by atoms with van der Waals surface area (Å²) >= 11 is 5.95. The van der Waals surface area contributed by atoms with Gasteiger partial charge in [0.05, 0.1) is 16.8 Å². The van der Waals surface area contributed by atoms with E-state index in [0.29, 0.717) is 38.9 Å². The standard InChI is InChI=1S/C23H15ClN4O/c1-12-17(9-16-7-8-20(29-16)14-3-5-15(24)6-4-14)21-13(2)19(11-26)23(27)28-22(21)18(12)10-25/h3-9H,1-2H3,(H2,27,28)/b17-9-. The van der Waals surface area contributed by atoms with Gasteiger partial charge in [-0.25, -0.2) is 4.98 Å². The Kier molecular flexibility index (Phi) is 4.47. The number of allylic oxidation sites excluding steroid dienone is 3. The Labute approximate surface area is 173 Å². The first-order valence-corrected chi connectivity index (χ1v) is 9.22. The molecule has 1 aliphatic rings. The highest BCUT2D eigenvalue weighted by Crippen LogP contribution is 2.44. The number of aromatic nitrogens is 1. The van der Waals surface area contributed by atoms with E-state index in [1.54, 1.807) is 12.1 Å². The Bertz CT molecular complexity index is 1300. The molecule has 0 radical (unpaired) electrons. The van der Waals surface area contributed by atoms with Gasteiger partial charge in [-0.15, -0.1) is 0 Å². The van der Waals surface area contributed by atoms with E-state index in [-0.39, 0.29) is 5.82 Å². The first kappa shape index (κ1) is 18.6. The van der Waals surface area contributed by atoms with Crippen LogP contribution in [0.4, 0.5) is 5.82 Å². The molecule has 0 unspecified atom stereocenters. The molecule has 2 aromatic heterocycles. The number of rotatable bonds is 2. The van der Waals surface area contributed by atoms with Crippen molar-refractivity contribution < 1.29 is 4.42 Å². The topological polar surface area (TPSA) is 99.6 Å². The number of hydrogen-bond donors (Lipinski definition) is 1. The van der Waals surface area contributed by atoms with Crippen molar-refractivity contribution in [2.45, 2.75) is 13.8 Å². The van der Waals surface area contributed by atoms with Crippen molar-refractivity contribution in [2.75, 3.05) is 5.73 Å². The van der Waals surface area contributed by atoms with E-state index >= 15 is 0 Å². The van der Waals surface area contributed by atoms with Crippen LogP contribution in [0.5, 0.6) is 0 Å². The number of hydrogen-bond acceptors (Lipinski definition) is 5. The van der Waals surface area contributed by atoms with Crippen LogP contribution in [-0.4, -0.2) is 4.98 Å². The molecule has 29 heavy (non-hydrogen) atoms. The summed E-state index contributed by atoms with van der Waals surface area (Å²) < 4.78 is 5.99. The fraction of sp³-hybridized carbons (Fsp3) is 0.0870. The van der Waals surface area contributed by atoms with Gasteiger partial charge < -0.3 is 10.2 Å². The van der Waals surface area contributed by atoms with Crippen LogP contribution in [0.25, 0.3) is 28.5 Å². The number of nitrogens with two attached hydrogens (primary N) is 1. The number of nitrogens with zero attached hydrogens (tertiary/aromatic N) is 3. The van der Waals surface area contributed by atoms with Crippen molar-refractivity contribution in [1.29, 1.82) is 10.5 Å². The van der Waals surface area contributed by atoms with Crippen molar-refractivity contribution in [3.05, 3.63) is 75.1 Å². The van der Waals surface area contributed by atoms with Crippen LogP contribution in [-0.2, 0) is 0 Å². The minimum atomic E-state index is 0.133. The minimum Gasteiger partial charge on any atom is -0.457 e. The molecule has 4 rings (SSSR count). The van der Waals surface area contributed by atoms with Gasteiger partial charge in [0.15, 0.2) is 0 Å². The molecule has 3 aromatic rings. The van der Waals surface area contributed by atoms with Gasteiger partial charge >= 0.3 is 0 Å². The van der Waals surface area contributed by atoms with Gasteiger partial charge in [-0.3, -0.25) is 0 Å². The molecule has 1 aromatic carbocycles. The summed E-state index contributed by atoms with van der Waals surface area (Å²) in [5.74, 6) is 1.47. The highest BCUT2D eigenvalue weighted by molar-refractivity contribution is 6.30. The highest BCUT2D eigenvalue weighted by atomic mass is 35.5.